The maximum Gasteiger partial charge on any atom is 0.337 e. The van der Waals surface area contributed by atoms with Crippen molar-refractivity contribution >= 4 is 35.0 Å². The van der Waals surface area contributed by atoms with E-state index >= 15 is 0 Å². The van der Waals surface area contributed by atoms with Gasteiger partial charge in [0.1, 0.15) is 10.9 Å². The molecule has 0 saturated heterocycles. The van der Waals surface area contributed by atoms with Crippen LogP contribution in [0, 0.1) is 22.0 Å². The average Bonchev–Trinajstić information content (AvgIpc) is 2.72. The maximum atomic E-state index is 13.6. The molecule has 33 heavy (non-hydrogen) atoms. The molecule has 1 aliphatic carbocycles. The zero-order chi connectivity index (χ0) is 24.6. The lowest BCUT2D eigenvalue weighted by atomic mass is 9.69. The summed E-state index contributed by atoms with van der Waals surface area (Å²) in [5, 5.41) is 14.6. The minimum Gasteiger partial charge on any atom is -0.468 e. The fourth-order valence-corrected chi connectivity index (χ4v) is 4.60. The fraction of sp³-hybridized carbons (Fsp3) is 0.435. The number of Topliss-reactive ketones (excluding diaryl/α,β-unsaturated/α-hetero) is 1. The first-order chi connectivity index (χ1) is 15.5. The van der Waals surface area contributed by atoms with Gasteiger partial charge in [0.2, 0.25) is 0 Å². The van der Waals surface area contributed by atoms with E-state index in [1.807, 2.05) is 0 Å². The minimum atomic E-state index is -1.05. The van der Waals surface area contributed by atoms with Crippen LogP contribution >= 0.6 is 11.6 Å². The zero-order valence-electron chi connectivity index (χ0n) is 18.9. The van der Waals surface area contributed by atoms with Crippen molar-refractivity contribution in [3.8, 4) is 0 Å². The summed E-state index contributed by atoms with van der Waals surface area (Å²) in [4.78, 5) is 50.0. The summed E-state index contributed by atoms with van der Waals surface area (Å²) >= 11 is 6.00. The van der Waals surface area contributed by atoms with Crippen molar-refractivity contribution in [1.82, 2.24) is 5.32 Å². The standard InChI is InChI=1S/C23H25ClN2O7/c1-10(2)33-23(29)18-12(4)25-15-8-11(3)17(22(28)32-5)21(27)20(15)19(18)13-6-7-14(24)16(9-13)26(30)31/h6-7,9-11,17,19,25H,8H2,1-5H3/t11-,17+,19-/m1/s1. The van der Waals surface area contributed by atoms with Crippen LogP contribution in [-0.4, -0.2) is 35.9 Å². The third kappa shape index (κ3) is 4.50. The highest BCUT2D eigenvalue weighted by Crippen LogP contribution is 2.46. The normalized spacial score (nSPS) is 22.6. The number of methoxy groups -OCH3 is 1. The molecule has 10 heteroatoms. The summed E-state index contributed by atoms with van der Waals surface area (Å²) in [7, 11) is 1.21. The van der Waals surface area contributed by atoms with Crippen molar-refractivity contribution in [1.29, 1.82) is 0 Å². The number of hydrogen-bond acceptors (Lipinski definition) is 8. The summed E-state index contributed by atoms with van der Waals surface area (Å²) in [6, 6.07) is 4.13. The number of esters is 2. The molecule has 0 amide bonds. The summed E-state index contributed by atoms with van der Waals surface area (Å²) < 4.78 is 10.3. The Labute approximate surface area is 195 Å². The Bertz CT molecular complexity index is 1110. The second-order valence-electron chi connectivity index (χ2n) is 8.46. The van der Waals surface area contributed by atoms with E-state index in [9.17, 15) is 24.5 Å². The van der Waals surface area contributed by atoms with Crippen LogP contribution in [0.25, 0.3) is 0 Å². The molecule has 0 saturated carbocycles. The SMILES string of the molecule is COC(=O)[C@@H]1C(=O)C2=C(C[C@H]1C)NC(C)=C(C(=O)OC(C)C)[C@H]2c1ccc(Cl)c([N+](=O)[O-])c1. The topological polar surface area (TPSA) is 125 Å². The molecule has 0 unspecified atom stereocenters. The molecule has 1 aromatic rings. The third-order valence-corrected chi connectivity index (χ3v) is 6.13. The molecule has 9 nitrogen and oxygen atoms in total. The number of nitro groups is 1. The van der Waals surface area contributed by atoms with Crippen molar-refractivity contribution < 1.29 is 28.8 Å². The van der Waals surface area contributed by atoms with E-state index < -0.39 is 40.6 Å². The van der Waals surface area contributed by atoms with E-state index in [2.05, 4.69) is 5.32 Å². The first-order valence-corrected chi connectivity index (χ1v) is 10.8. The molecule has 1 aliphatic heterocycles. The van der Waals surface area contributed by atoms with Gasteiger partial charge >= 0.3 is 11.9 Å². The van der Waals surface area contributed by atoms with Crippen LogP contribution in [0.3, 0.4) is 0 Å². The number of nitrogens with one attached hydrogen (secondary N) is 1. The molecule has 0 spiro atoms. The smallest absolute Gasteiger partial charge is 0.337 e. The van der Waals surface area contributed by atoms with E-state index in [0.717, 1.165) is 0 Å². The van der Waals surface area contributed by atoms with E-state index in [0.29, 0.717) is 23.4 Å². The van der Waals surface area contributed by atoms with E-state index in [1.165, 1.54) is 25.3 Å². The van der Waals surface area contributed by atoms with Crippen molar-refractivity contribution in [3.63, 3.8) is 0 Å². The number of carbonyl (C=O) groups excluding carboxylic acids is 3. The summed E-state index contributed by atoms with van der Waals surface area (Å²) in [5.41, 5.74) is 1.34. The van der Waals surface area contributed by atoms with Crippen molar-refractivity contribution in [3.05, 3.63) is 61.4 Å². The Morgan fingerprint density at radius 2 is 1.97 bits per heavy atom. The number of benzene rings is 1. The lowest BCUT2D eigenvalue weighted by molar-refractivity contribution is -0.384. The number of halogens is 1. The average molecular weight is 477 g/mol. The van der Waals surface area contributed by atoms with Gasteiger partial charge in [-0.05, 0) is 44.7 Å². The molecular weight excluding hydrogens is 452 g/mol. The lowest BCUT2D eigenvalue weighted by Gasteiger charge is -2.38. The largest absolute Gasteiger partial charge is 0.468 e. The Hall–Kier alpha value is -3.20. The molecule has 0 fully saturated rings. The van der Waals surface area contributed by atoms with Gasteiger partial charge in [-0.3, -0.25) is 19.7 Å². The molecule has 3 rings (SSSR count). The number of hydrogen-bond donors (Lipinski definition) is 1. The summed E-state index contributed by atoms with van der Waals surface area (Å²) in [5.74, 6) is -4.19. The predicted octanol–water partition coefficient (Wildman–Crippen LogP) is 3.81. The number of allylic oxidation sites excluding steroid dienone is 3. The zero-order valence-corrected chi connectivity index (χ0v) is 19.7. The highest BCUT2D eigenvalue weighted by molar-refractivity contribution is 6.32. The maximum absolute atomic E-state index is 13.6. The van der Waals surface area contributed by atoms with Gasteiger partial charge in [-0.1, -0.05) is 24.6 Å². The third-order valence-electron chi connectivity index (χ3n) is 5.81. The van der Waals surface area contributed by atoms with Crippen LogP contribution in [0.2, 0.25) is 5.02 Å². The van der Waals surface area contributed by atoms with Crippen LogP contribution in [0.1, 0.15) is 45.6 Å². The minimum absolute atomic E-state index is 0.0741. The molecule has 0 radical (unpaired) electrons. The van der Waals surface area contributed by atoms with Gasteiger partial charge in [0.25, 0.3) is 5.69 Å². The second-order valence-corrected chi connectivity index (χ2v) is 8.86. The summed E-state index contributed by atoms with van der Waals surface area (Å²) in [6.45, 7) is 6.84. The van der Waals surface area contributed by atoms with Gasteiger partial charge in [0, 0.05) is 29.0 Å². The molecular formula is C23H25ClN2O7. The van der Waals surface area contributed by atoms with Crippen LogP contribution in [0.4, 0.5) is 5.69 Å². The molecule has 0 aromatic heterocycles. The second kappa shape index (κ2) is 9.35. The highest BCUT2D eigenvalue weighted by Gasteiger charge is 2.47. The van der Waals surface area contributed by atoms with Crippen LogP contribution in [-0.2, 0) is 23.9 Å². The number of nitro benzene ring substituents is 1. The molecule has 3 atom stereocenters. The fourth-order valence-electron chi connectivity index (χ4n) is 4.41. The van der Waals surface area contributed by atoms with Crippen LogP contribution in [0.5, 0.6) is 0 Å². The number of nitrogens with zero attached hydrogens (tertiary/aromatic N) is 1. The van der Waals surface area contributed by atoms with Gasteiger partial charge < -0.3 is 14.8 Å². The quantitative estimate of drug-likeness (QED) is 0.294. The van der Waals surface area contributed by atoms with Gasteiger partial charge in [-0.2, -0.15) is 0 Å². The molecule has 1 N–H and O–H groups in total. The first-order valence-electron chi connectivity index (χ1n) is 10.5. The Balaban J connectivity index is 2.25. The van der Waals surface area contributed by atoms with Crippen molar-refractivity contribution in [2.45, 2.75) is 46.1 Å². The van der Waals surface area contributed by atoms with Crippen molar-refractivity contribution in [2.75, 3.05) is 7.11 Å². The molecule has 0 bridgehead atoms. The number of ether oxygens (including phenoxy) is 2. The first kappa shape index (κ1) is 24.4. The van der Waals surface area contributed by atoms with E-state index in [1.54, 1.807) is 27.7 Å². The summed E-state index contributed by atoms with van der Waals surface area (Å²) in [6.07, 6.45) is -0.0741. The van der Waals surface area contributed by atoms with Gasteiger partial charge in [0.15, 0.2) is 5.78 Å². The monoisotopic (exact) mass is 476 g/mol. The molecule has 176 valence electrons. The van der Waals surface area contributed by atoms with Crippen LogP contribution in [0.15, 0.2) is 40.7 Å². The van der Waals surface area contributed by atoms with Crippen LogP contribution < -0.4 is 5.32 Å². The molecule has 1 aromatic carbocycles. The van der Waals surface area contributed by atoms with Gasteiger partial charge in [-0.25, -0.2) is 4.79 Å². The Kier molecular flexibility index (Phi) is 6.92. The van der Waals surface area contributed by atoms with Crippen molar-refractivity contribution in [2.24, 2.45) is 11.8 Å². The Morgan fingerprint density at radius 3 is 2.55 bits per heavy atom. The molecule has 2 aliphatic rings. The number of carbonyl (C=O) groups is 3. The predicted molar refractivity (Wildman–Crippen MR) is 119 cm³/mol. The highest BCUT2D eigenvalue weighted by atomic mass is 35.5. The van der Waals surface area contributed by atoms with E-state index in [-0.39, 0.29) is 27.8 Å². The number of ketones is 1. The Morgan fingerprint density at radius 1 is 1.30 bits per heavy atom. The van der Waals surface area contributed by atoms with E-state index in [4.69, 9.17) is 21.1 Å². The molecule has 1 heterocycles. The van der Waals surface area contributed by atoms with Gasteiger partial charge in [-0.15, -0.1) is 0 Å². The number of rotatable bonds is 5. The number of dihydropyridines is 1. The van der Waals surface area contributed by atoms with Gasteiger partial charge in [0.05, 0.1) is 23.7 Å². The lowest BCUT2D eigenvalue weighted by Crippen LogP contribution is -2.43.